The van der Waals surface area contributed by atoms with Crippen LogP contribution >= 0.6 is 39.3 Å². The van der Waals surface area contributed by atoms with E-state index in [1.54, 1.807) is 36.0 Å². The summed E-state index contributed by atoms with van der Waals surface area (Å²) in [5.74, 6) is 0.644. The number of halogens is 2. The molecule has 0 radical (unpaired) electrons. The Morgan fingerprint density at radius 2 is 1.76 bits per heavy atom. The number of rotatable bonds is 6. The minimum absolute atomic E-state index is 0.251. The topological polar surface area (TPSA) is 46.2 Å². The molecule has 0 aliphatic rings. The van der Waals surface area contributed by atoms with E-state index in [1.807, 2.05) is 24.3 Å². The molecule has 1 N–H and O–H groups in total. The van der Waals surface area contributed by atoms with Gasteiger partial charge in [-0.05, 0) is 52.3 Å². The number of hydrogen-bond donors (Lipinski definition) is 1. The maximum absolute atomic E-state index is 12.1. The lowest BCUT2D eigenvalue weighted by Crippen LogP contribution is -2.26. The lowest BCUT2D eigenvalue weighted by Gasteiger charge is -2.08. The lowest BCUT2D eigenvalue weighted by atomic mass is 10.4. The van der Waals surface area contributed by atoms with E-state index in [0.717, 1.165) is 4.90 Å². The molecule has 0 heterocycles. The van der Waals surface area contributed by atoms with Gasteiger partial charge in [0.2, 0.25) is 10.0 Å². The molecule has 112 valence electrons. The van der Waals surface area contributed by atoms with Crippen molar-refractivity contribution in [2.45, 2.75) is 9.79 Å². The van der Waals surface area contributed by atoms with Gasteiger partial charge in [-0.25, -0.2) is 13.1 Å². The number of nitrogens with one attached hydrogen (secondary N) is 1. The molecule has 0 aliphatic carbocycles. The molecule has 2 rings (SSSR count). The Kier molecular flexibility index (Phi) is 6.13. The Bertz CT molecular complexity index is 705. The van der Waals surface area contributed by atoms with Gasteiger partial charge in [0.15, 0.2) is 0 Å². The first-order valence-electron chi connectivity index (χ1n) is 6.11. The second-order valence-corrected chi connectivity index (χ2v) is 8.33. The third-order valence-corrected chi connectivity index (χ3v) is 6.34. The molecule has 0 spiro atoms. The smallest absolute Gasteiger partial charge is 0.210 e. The predicted octanol–water partition coefficient (Wildman–Crippen LogP) is 4.17. The SMILES string of the molecule is O=S(=O)(NCCSc1ccc(Cl)cc1)c1ccccc1Br. The highest BCUT2D eigenvalue weighted by Gasteiger charge is 2.15. The Hall–Kier alpha value is -0.530. The molecular weight excluding hydrogens is 394 g/mol. The molecular formula is C14H13BrClNO2S2. The fraction of sp³-hybridized carbons (Fsp3) is 0.143. The molecule has 0 saturated heterocycles. The van der Waals surface area contributed by atoms with E-state index < -0.39 is 10.0 Å². The molecule has 0 unspecified atom stereocenters. The first-order chi connectivity index (χ1) is 9.99. The molecule has 0 aliphatic heterocycles. The van der Waals surface area contributed by atoms with Crippen LogP contribution in [-0.2, 0) is 10.0 Å². The van der Waals surface area contributed by atoms with E-state index in [4.69, 9.17) is 11.6 Å². The molecule has 3 nitrogen and oxygen atoms in total. The largest absolute Gasteiger partial charge is 0.241 e. The summed E-state index contributed by atoms with van der Waals surface area (Å²) in [6.07, 6.45) is 0. The van der Waals surface area contributed by atoms with Gasteiger partial charge in [-0.15, -0.1) is 11.8 Å². The van der Waals surface area contributed by atoms with Gasteiger partial charge >= 0.3 is 0 Å². The van der Waals surface area contributed by atoms with E-state index in [9.17, 15) is 8.42 Å². The average Bonchev–Trinajstić information content (AvgIpc) is 2.46. The molecule has 0 atom stereocenters. The van der Waals surface area contributed by atoms with Gasteiger partial charge in [-0.2, -0.15) is 0 Å². The maximum Gasteiger partial charge on any atom is 0.241 e. The number of benzene rings is 2. The van der Waals surface area contributed by atoms with Gasteiger partial charge in [0, 0.05) is 26.7 Å². The van der Waals surface area contributed by atoms with Crippen molar-refractivity contribution in [2.75, 3.05) is 12.3 Å². The van der Waals surface area contributed by atoms with Crippen LogP contribution in [0.5, 0.6) is 0 Å². The summed E-state index contributed by atoms with van der Waals surface area (Å²) in [5.41, 5.74) is 0. The van der Waals surface area contributed by atoms with E-state index in [1.165, 1.54) is 0 Å². The van der Waals surface area contributed by atoms with Crippen LogP contribution in [0.2, 0.25) is 5.02 Å². The molecule has 2 aromatic rings. The van der Waals surface area contributed by atoms with Crippen molar-refractivity contribution in [3.63, 3.8) is 0 Å². The van der Waals surface area contributed by atoms with Crippen LogP contribution in [0, 0.1) is 0 Å². The molecule has 0 bridgehead atoms. The second-order valence-electron chi connectivity index (χ2n) is 4.13. The maximum atomic E-state index is 12.1. The normalized spacial score (nSPS) is 11.5. The van der Waals surface area contributed by atoms with Crippen molar-refractivity contribution in [1.29, 1.82) is 0 Å². The predicted molar refractivity (Wildman–Crippen MR) is 91.5 cm³/mol. The molecule has 0 saturated carbocycles. The first-order valence-corrected chi connectivity index (χ1v) is 9.75. The summed E-state index contributed by atoms with van der Waals surface area (Å²) >= 11 is 10.6. The quantitative estimate of drug-likeness (QED) is 0.578. The van der Waals surface area contributed by atoms with Gasteiger partial charge in [-0.1, -0.05) is 23.7 Å². The van der Waals surface area contributed by atoms with Gasteiger partial charge in [0.1, 0.15) is 0 Å². The van der Waals surface area contributed by atoms with E-state index >= 15 is 0 Å². The highest BCUT2D eigenvalue weighted by molar-refractivity contribution is 9.10. The van der Waals surface area contributed by atoms with Gasteiger partial charge in [-0.3, -0.25) is 0 Å². The summed E-state index contributed by atoms with van der Waals surface area (Å²) < 4.78 is 27.4. The summed E-state index contributed by atoms with van der Waals surface area (Å²) in [4.78, 5) is 1.31. The van der Waals surface area contributed by atoms with Gasteiger partial charge < -0.3 is 0 Å². The number of sulfonamides is 1. The fourth-order valence-electron chi connectivity index (χ4n) is 1.62. The second kappa shape index (κ2) is 7.65. The first kappa shape index (κ1) is 16.8. The summed E-state index contributed by atoms with van der Waals surface area (Å²) in [5, 5.41) is 0.689. The lowest BCUT2D eigenvalue weighted by molar-refractivity contribution is 0.583. The highest BCUT2D eigenvalue weighted by Crippen LogP contribution is 2.22. The van der Waals surface area contributed by atoms with Crippen molar-refractivity contribution in [1.82, 2.24) is 4.72 Å². The minimum Gasteiger partial charge on any atom is -0.210 e. The molecule has 2 aromatic carbocycles. The van der Waals surface area contributed by atoms with E-state index in [0.29, 0.717) is 21.8 Å². The molecule has 21 heavy (non-hydrogen) atoms. The minimum atomic E-state index is -3.48. The van der Waals surface area contributed by atoms with Crippen LogP contribution in [-0.4, -0.2) is 20.7 Å². The van der Waals surface area contributed by atoms with E-state index in [2.05, 4.69) is 20.7 Å². The molecule has 0 amide bonds. The Labute approximate surface area is 142 Å². The van der Waals surface area contributed by atoms with Crippen molar-refractivity contribution in [3.8, 4) is 0 Å². The van der Waals surface area contributed by atoms with Crippen LogP contribution in [0.3, 0.4) is 0 Å². The average molecular weight is 407 g/mol. The highest BCUT2D eigenvalue weighted by atomic mass is 79.9. The van der Waals surface area contributed by atoms with E-state index in [-0.39, 0.29) is 4.90 Å². The zero-order valence-corrected chi connectivity index (χ0v) is 14.9. The molecule has 7 heteroatoms. The van der Waals surface area contributed by atoms with Crippen LogP contribution in [0.25, 0.3) is 0 Å². The Balaban J connectivity index is 1.88. The zero-order chi connectivity index (χ0) is 15.3. The Morgan fingerprint density at radius 3 is 2.43 bits per heavy atom. The fourth-order valence-corrected chi connectivity index (χ4v) is 4.67. The summed E-state index contributed by atoms with van der Waals surface area (Å²) in [6, 6.07) is 14.2. The third-order valence-electron chi connectivity index (χ3n) is 2.60. The zero-order valence-electron chi connectivity index (χ0n) is 10.9. The van der Waals surface area contributed by atoms with Crippen molar-refractivity contribution < 1.29 is 8.42 Å². The van der Waals surface area contributed by atoms with Gasteiger partial charge in [0.05, 0.1) is 4.90 Å². The number of thioether (sulfide) groups is 1. The van der Waals surface area contributed by atoms with Crippen molar-refractivity contribution in [2.24, 2.45) is 0 Å². The summed E-state index contributed by atoms with van der Waals surface area (Å²) in [6.45, 7) is 0.358. The van der Waals surface area contributed by atoms with Crippen LogP contribution < -0.4 is 4.72 Å². The third kappa shape index (κ3) is 5.00. The molecule has 0 aromatic heterocycles. The van der Waals surface area contributed by atoms with Crippen LogP contribution in [0.1, 0.15) is 0 Å². The van der Waals surface area contributed by atoms with Crippen molar-refractivity contribution in [3.05, 3.63) is 58.0 Å². The molecule has 0 fully saturated rings. The van der Waals surface area contributed by atoms with Gasteiger partial charge in [0.25, 0.3) is 0 Å². The van der Waals surface area contributed by atoms with Crippen LogP contribution in [0.15, 0.2) is 62.8 Å². The number of hydrogen-bond acceptors (Lipinski definition) is 3. The summed E-state index contributed by atoms with van der Waals surface area (Å²) in [7, 11) is -3.48. The monoisotopic (exact) mass is 405 g/mol. The van der Waals surface area contributed by atoms with Crippen molar-refractivity contribution >= 4 is 49.3 Å². The Morgan fingerprint density at radius 1 is 1.10 bits per heavy atom. The standard InChI is InChI=1S/C14H13BrClNO2S2/c15-13-3-1-2-4-14(13)21(18,19)17-9-10-20-12-7-5-11(16)6-8-12/h1-8,17H,9-10H2. The van der Waals surface area contributed by atoms with Crippen LogP contribution in [0.4, 0.5) is 0 Å².